The molecule has 0 saturated heterocycles. The second-order valence-corrected chi connectivity index (χ2v) is 7.25. The Kier molecular flexibility index (Phi) is 2.71. The maximum Gasteiger partial charge on any atom is 0.0459 e. The van der Waals surface area contributed by atoms with Gasteiger partial charge >= 0.3 is 0 Å². The lowest BCUT2D eigenvalue weighted by Gasteiger charge is -2.45. The van der Waals surface area contributed by atoms with Gasteiger partial charge in [-0.15, -0.1) is 0 Å². The van der Waals surface area contributed by atoms with Crippen LogP contribution >= 0.6 is 0 Å². The largest absolute Gasteiger partial charge is 0.357 e. The molecule has 1 N–H and O–H groups in total. The average Bonchev–Trinajstić information content (AvgIpc) is 2.75. The zero-order chi connectivity index (χ0) is 13.7. The van der Waals surface area contributed by atoms with E-state index in [1.54, 1.807) is 5.56 Å². The first-order valence-electron chi connectivity index (χ1n) is 7.97. The Labute approximate surface area is 121 Å². The zero-order valence-corrected chi connectivity index (χ0v) is 12.6. The maximum absolute atomic E-state index is 3.65. The van der Waals surface area contributed by atoms with Crippen LogP contribution in [0.15, 0.2) is 24.3 Å². The first-order chi connectivity index (χ1) is 9.65. The molecule has 4 rings (SSSR count). The Hall–Kier alpha value is -1.28. The minimum atomic E-state index is 0.581. The number of H-pyrrole nitrogens is 1. The summed E-state index contributed by atoms with van der Waals surface area (Å²) in [7, 11) is 0. The molecular formula is C18H24N2. The van der Waals surface area contributed by atoms with E-state index < -0.39 is 0 Å². The Morgan fingerprint density at radius 3 is 2.85 bits per heavy atom. The summed E-state index contributed by atoms with van der Waals surface area (Å²) < 4.78 is 0. The van der Waals surface area contributed by atoms with Crippen LogP contribution in [0, 0.1) is 5.41 Å². The fourth-order valence-electron chi connectivity index (χ4n) is 4.05. The molecule has 2 aromatic rings. The van der Waals surface area contributed by atoms with E-state index in [2.05, 4.69) is 48.0 Å². The van der Waals surface area contributed by atoms with Crippen molar-refractivity contribution < 1.29 is 0 Å². The molecule has 2 aliphatic rings. The molecule has 0 bridgehead atoms. The molecule has 1 aliphatic carbocycles. The molecule has 0 amide bonds. The molecule has 2 heteroatoms. The predicted octanol–water partition coefficient (Wildman–Crippen LogP) is 4.10. The molecular weight excluding hydrogens is 244 g/mol. The van der Waals surface area contributed by atoms with Gasteiger partial charge in [-0.05, 0) is 43.2 Å². The van der Waals surface area contributed by atoms with Crippen molar-refractivity contribution in [3.8, 4) is 0 Å². The Bertz CT molecular complexity index is 636. The van der Waals surface area contributed by atoms with Crippen LogP contribution in [-0.2, 0) is 13.0 Å². The van der Waals surface area contributed by atoms with Crippen LogP contribution in [0.3, 0.4) is 0 Å². The lowest BCUT2D eigenvalue weighted by molar-refractivity contribution is 0.0533. The van der Waals surface area contributed by atoms with Crippen molar-refractivity contribution in [3.05, 3.63) is 35.5 Å². The number of hydrogen-bond acceptors (Lipinski definition) is 1. The smallest absolute Gasteiger partial charge is 0.0459 e. The van der Waals surface area contributed by atoms with Gasteiger partial charge in [-0.2, -0.15) is 0 Å². The molecule has 106 valence electrons. The summed E-state index contributed by atoms with van der Waals surface area (Å²) in [4.78, 5) is 6.34. The average molecular weight is 268 g/mol. The first kappa shape index (κ1) is 12.5. The molecule has 0 spiro atoms. The minimum Gasteiger partial charge on any atom is -0.357 e. The van der Waals surface area contributed by atoms with Crippen LogP contribution in [0.25, 0.3) is 10.9 Å². The number of para-hydroxylation sites is 1. The van der Waals surface area contributed by atoms with Gasteiger partial charge in [0.15, 0.2) is 0 Å². The van der Waals surface area contributed by atoms with E-state index in [1.807, 2.05) is 0 Å². The quantitative estimate of drug-likeness (QED) is 0.868. The highest BCUT2D eigenvalue weighted by atomic mass is 15.2. The standard InChI is InChI=1S/C18H24N2/c1-13-10-15-14-6-3-4-7-16(14)19-17(15)11-20(13)12-18(2)8-5-9-18/h3-4,6-7,13,19H,5,8-12H2,1-2H3/t13-/m1/s1. The SMILES string of the molecule is C[C@@H]1Cc2c([nH]c3ccccc23)CN1CC1(C)CCC1. The summed E-state index contributed by atoms with van der Waals surface area (Å²) in [5.74, 6) is 0. The second kappa shape index (κ2) is 4.36. The molecule has 0 radical (unpaired) electrons. The number of rotatable bonds is 2. The molecule has 1 fully saturated rings. The van der Waals surface area contributed by atoms with Crippen molar-refractivity contribution >= 4 is 10.9 Å². The highest BCUT2D eigenvalue weighted by Gasteiger charge is 2.36. The molecule has 20 heavy (non-hydrogen) atoms. The molecule has 1 aromatic carbocycles. The Balaban J connectivity index is 1.64. The van der Waals surface area contributed by atoms with Gasteiger partial charge in [-0.25, -0.2) is 0 Å². The van der Waals surface area contributed by atoms with Crippen molar-refractivity contribution in [2.45, 2.75) is 52.1 Å². The third-order valence-corrected chi connectivity index (χ3v) is 5.53. The monoisotopic (exact) mass is 268 g/mol. The van der Waals surface area contributed by atoms with Gasteiger partial charge in [0.2, 0.25) is 0 Å². The third kappa shape index (κ3) is 1.89. The number of hydrogen-bond donors (Lipinski definition) is 1. The second-order valence-electron chi connectivity index (χ2n) is 7.25. The van der Waals surface area contributed by atoms with Crippen LogP contribution in [0.2, 0.25) is 0 Å². The van der Waals surface area contributed by atoms with Crippen molar-refractivity contribution in [1.82, 2.24) is 9.88 Å². The summed E-state index contributed by atoms with van der Waals surface area (Å²) in [6, 6.07) is 9.42. The summed E-state index contributed by atoms with van der Waals surface area (Å²) in [6.07, 6.45) is 5.44. The third-order valence-electron chi connectivity index (χ3n) is 5.53. The van der Waals surface area contributed by atoms with Crippen molar-refractivity contribution in [2.24, 2.45) is 5.41 Å². The Morgan fingerprint density at radius 2 is 2.10 bits per heavy atom. The number of nitrogens with one attached hydrogen (secondary N) is 1. The van der Waals surface area contributed by atoms with E-state index in [4.69, 9.17) is 0 Å². The first-order valence-corrected chi connectivity index (χ1v) is 7.97. The number of nitrogens with zero attached hydrogens (tertiary/aromatic N) is 1. The fourth-order valence-corrected chi connectivity index (χ4v) is 4.05. The molecule has 1 saturated carbocycles. The van der Waals surface area contributed by atoms with Crippen molar-refractivity contribution in [2.75, 3.05) is 6.54 Å². The van der Waals surface area contributed by atoms with E-state index in [-0.39, 0.29) is 0 Å². The molecule has 2 nitrogen and oxygen atoms in total. The van der Waals surface area contributed by atoms with Gasteiger partial charge in [-0.3, -0.25) is 4.90 Å². The van der Waals surface area contributed by atoms with Gasteiger partial charge in [0.25, 0.3) is 0 Å². The normalized spacial score (nSPS) is 25.4. The van der Waals surface area contributed by atoms with Crippen LogP contribution in [0.5, 0.6) is 0 Å². The minimum absolute atomic E-state index is 0.581. The van der Waals surface area contributed by atoms with Crippen LogP contribution in [0.4, 0.5) is 0 Å². The topological polar surface area (TPSA) is 19.0 Å². The van der Waals surface area contributed by atoms with Gasteiger partial charge in [0, 0.05) is 35.7 Å². The Morgan fingerprint density at radius 1 is 1.30 bits per heavy atom. The van der Waals surface area contributed by atoms with Crippen molar-refractivity contribution in [3.63, 3.8) is 0 Å². The highest BCUT2D eigenvalue weighted by Crippen LogP contribution is 2.42. The van der Waals surface area contributed by atoms with E-state index in [1.165, 1.54) is 48.8 Å². The zero-order valence-electron chi connectivity index (χ0n) is 12.6. The van der Waals surface area contributed by atoms with Crippen molar-refractivity contribution in [1.29, 1.82) is 0 Å². The number of aromatic amines is 1. The van der Waals surface area contributed by atoms with E-state index in [0.29, 0.717) is 11.5 Å². The summed E-state index contributed by atoms with van der Waals surface area (Å²) >= 11 is 0. The summed E-state index contributed by atoms with van der Waals surface area (Å²) in [6.45, 7) is 7.22. The fraction of sp³-hybridized carbons (Fsp3) is 0.556. The summed E-state index contributed by atoms with van der Waals surface area (Å²) in [5.41, 5.74) is 4.90. The highest BCUT2D eigenvalue weighted by molar-refractivity contribution is 5.84. The van der Waals surface area contributed by atoms with Gasteiger partial charge in [0.05, 0.1) is 0 Å². The molecule has 0 unspecified atom stereocenters. The van der Waals surface area contributed by atoms with Gasteiger partial charge in [-0.1, -0.05) is 31.5 Å². The lowest BCUT2D eigenvalue weighted by Crippen LogP contribution is -2.46. The maximum atomic E-state index is 3.65. The van der Waals surface area contributed by atoms with E-state index in [0.717, 1.165) is 6.54 Å². The van der Waals surface area contributed by atoms with Crippen LogP contribution in [0.1, 0.15) is 44.4 Å². The molecule has 2 heterocycles. The molecule has 1 aliphatic heterocycles. The van der Waals surface area contributed by atoms with Gasteiger partial charge in [0.1, 0.15) is 0 Å². The molecule has 1 atom stereocenters. The lowest BCUT2D eigenvalue weighted by atomic mass is 9.70. The van der Waals surface area contributed by atoms with E-state index in [9.17, 15) is 0 Å². The number of benzene rings is 1. The van der Waals surface area contributed by atoms with Crippen LogP contribution < -0.4 is 0 Å². The van der Waals surface area contributed by atoms with Gasteiger partial charge < -0.3 is 4.98 Å². The predicted molar refractivity (Wildman–Crippen MR) is 83.8 cm³/mol. The van der Waals surface area contributed by atoms with E-state index >= 15 is 0 Å². The number of aromatic nitrogens is 1. The molecule has 1 aromatic heterocycles. The summed E-state index contributed by atoms with van der Waals surface area (Å²) in [5, 5.41) is 1.43. The van der Waals surface area contributed by atoms with Crippen LogP contribution in [-0.4, -0.2) is 22.5 Å². The number of fused-ring (bicyclic) bond motifs is 3.